The Labute approximate surface area is 196 Å². The van der Waals surface area contributed by atoms with Crippen LogP contribution in [-0.2, 0) is 16.1 Å². The van der Waals surface area contributed by atoms with E-state index in [0.717, 1.165) is 17.7 Å². The molecule has 0 aliphatic carbocycles. The van der Waals surface area contributed by atoms with Crippen molar-refractivity contribution in [3.05, 3.63) is 53.9 Å². The van der Waals surface area contributed by atoms with Crippen LogP contribution in [0.5, 0.6) is 11.5 Å². The monoisotopic (exact) mass is 474 g/mol. The minimum absolute atomic E-state index is 0.139. The number of hydrogen-bond donors (Lipinski definition) is 2. The van der Waals surface area contributed by atoms with Gasteiger partial charge in [-0.1, -0.05) is 19.9 Å². The molecule has 0 bridgehead atoms. The summed E-state index contributed by atoms with van der Waals surface area (Å²) in [5.74, 6) is -1.85. The number of methoxy groups -OCH3 is 1. The first-order valence-corrected chi connectivity index (χ1v) is 10.9. The molecule has 8 nitrogen and oxygen atoms in total. The molecule has 0 fully saturated rings. The van der Waals surface area contributed by atoms with Crippen molar-refractivity contribution < 1.29 is 27.8 Å². The molecule has 1 atom stereocenters. The zero-order valence-corrected chi connectivity index (χ0v) is 19.5. The van der Waals surface area contributed by atoms with E-state index in [1.807, 2.05) is 20.8 Å². The first kappa shape index (κ1) is 24.9. The number of hydrogen-bond acceptors (Lipinski definition) is 5. The summed E-state index contributed by atoms with van der Waals surface area (Å²) in [5, 5.41) is 5.53. The molecule has 182 valence electrons. The summed E-state index contributed by atoms with van der Waals surface area (Å²) in [5.41, 5.74) is 1.36. The molecule has 1 heterocycles. The van der Waals surface area contributed by atoms with Crippen LogP contribution in [-0.4, -0.2) is 41.6 Å². The first-order chi connectivity index (χ1) is 16.2. The van der Waals surface area contributed by atoms with Crippen LogP contribution < -0.4 is 20.1 Å². The van der Waals surface area contributed by atoms with Gasteiger partial charge in [-0.25, -0.2) is 13.8 Å². The SMILES string of the molecule is CCNC(=O)COc1ccc(CNC(=O)C(C(C)C)n2cnc3cc(F)c(F)cc32)cc1OC. The lowest BCUT2D eigenvalue weighted by molar-refractivity contribution is -0.125. The number of carbonyl (C=O) groups excluding carboxylic acids is 2. The van der Waals surface area contributed by atoms with Crippen LogP contribution in [0.4, 0.5) is 8.78 Å². The fourth-order valence-corrected chi connectivity index (χ4v) is 3.62. The normalized spacial score (nSPS) is 12.0. The molecule has 0 saturated heterocycles. The number of nitrogens with zero attached hydrogens (tertiary/aromatic N) is 2. The van der Waals surface area contributed by atoms with E-state index in [0.29, 0.717) is 23.6 Å². The van der Waals surface area contributed by atoms with Crippen LogP contribution in [0.15, 0.2) is 36.7 Å². The molecule has 0 saturated carbocycles. The number of fused-ring (bicyclic) bond motifs is 1. The summed E-state index contributed by atoms with van der Waals surface area (Å²) in [6.45, 7) is 6.11. The van der Waals surface area contributed by atoms with Gasteiger partial charge in [-0.2, -0.15) is 0 Å². The van der Waals surface area contributed by atoms with Crippen molar-refractivity contribution in [2.24, 2.45) is 5.92 Å². The Morgan fingerprint density at radius 1 is 1.09 bits per heavy atom. The first-order valence-electron chi connectivity index (χ1n) is 10.9. The second-order valence-corrected chi connectivity index (χ2v) is 8.04. The largest absolute Gasteiger partial charge is 0.493 e. The molecule has 2 aromatic carbocycles. The lowest BCUT2D eigenvalue weighted by Gasteiger charge is -2.22. The van der Waals surface area contributed by atoms with Crippen LogP contribution >= 0.6 is 0 Å². The van der Waals surface area contributed by atoms with Crippen molar-refractivity contribution in [1.82, 2.24) is 20.2 Å². The number of halogens is 2. The Morgan fingerprint density at radius 3 is 2.50 bits per heavy atom. The molecule has 1 unspecified atom stereocenters. The number of likely N-dealkylation sites (N-methyl/N-ethyl adjacent to an activating group) is 1. The van der Waals surface area contributed by atoms with Crippen molar-refractivity contribution >= 4 is 22.8 Å². The highest BCUT2D eigenvalue weighted by molar-refractivity contribution is 5.84. The summed E-state index contributed by atoms with van der Waals surface area (Å²) in [6.07, 6.45) is 1.41. The summed E-state index contributed by atoms with van der Waals surface area (Å²) >= 11 is 0. The lowest BCUT2D eigenvalue weighted by atomic mass is 10.0. The van der Waals surface area contributed by atoms with Gasteiger partial charge in [-0.15, -0.1) is 0 Å². The third-order valence-corrected chi connectivity index (χ3v) is 5.24. The van der Waals surface area contributed by atoms with E-state index >= 15 is 0 Å². The molecule has 10 heteroatoms. The fraction of sp³-hybridized carbons (Fsp3) is 0.375. The van der Waals surface area contributed by atoms with Gasteiger partial charge in [0.25, 0.3) is 5.91 Å². The van der Waals surface area contributed by atoms with Gasteiger partial charge in [-0.05, 0) is 30.5 Å². The van der Waals surface area contributed by atoms with E-state index in [-0.39, 0.29) is 36.4 Å². The van der Waals surface area contributed by atoms with Crippen LogP contribution in [0.25, 0.3) is 11.0 Å². The second kappa shape index (κ2) is 11.0. The predicted molar refractivity (Wildman–Crippen MR) is 123 cm³/mol. The summed E-state index contributed by atoms with van der Waals surface area (Å²) in [4.78, 5) is 28.8. The summed E-state index contributed by atoms with van der Waals surface area (Å²) in [7, 11) is 1.48. The van der Waals surface area contributed by atoms with Gasteiger partial charge in [0.15, 0.2) is 29.7 Å². The molecular formula is C24H28F2N4O4. The standard InChI is InChI=1S/C24H28F2N4O4/c1-5-27-22(31)12-34-20-7-6-15(8-21(20)33-4)11-28-24(32)23(14(2)3)30-13-29-18-9-16(25)17(26)10-19(18)30/h6-10,13-14,23H,5,11-12H2,1-4H3,(H,27,31)(H,28,32). The molecule has 2 N–H and O–H groups in total. The number of imidazole rings is 1. The molecular weight excluding hydrogens is 446 g/mol. The molecule has 0 aliphatic rings. The van der Waals surface area contributed by atoms with Crippen LogP contribution in [0.2, 0.25) is 0 Å². The second-order valence-electron chi connectivity index (χ2n) is 8.04. The van der Waals surface area contributed by atoms with Gasteiger partial charge in [0, 0.05) is 25.2 Å². The predicted octanol–water partition coefficient (Wildman–Crippen LogP) is 3.35. The highest BCUT2D eigenvalue weighted by atomic mass is 19.2. The van der Waals surface area contributed by atoms with Crippen LogP contribution in [0.1, 0.15) is 32.4 Å². The number of rotatable bonds is 10. The van der Waals surface area contributed by atoms with E-state index in [4.69, 9.17) is 9.47 Å². The molecule has 1 aromatic heterocycles. The van der Waals surface area contributed by atoms with Gasteiger partial charge in [0.05, 0.1) is 24.5 Å². The minimum atomic E-state index is -1.00. The average Bonchev–Trinajstić information content (AvgIpc) is 3.18. The highest BCUT2D eigenvalue weighted by Crippen LogP contribution is 2.29. The van der Waals surface area contributed by atoms with E-state index < -0.39 is 17.7 Å². The molecule has 34 heavy (non-hydrogen) atoms. The van der Waals surface area contributed by atoms with E-state index in [1.54, 1.807) is 22.8 Å². The summed E-state index contributed by atoms with van der Waals surface area (Å²) < 4.78 is 39.8. The van der Waals surface area contributed by atoms with Gasteiger partial charge in [-0.3, -0.25) is 9.59 Å². The van der Waals surface area contributed by atoms with E-state index in [2.05, 4.69) is 15.6 Å². The van der Waals surface area contributed by atoms with Crippen molar-refractivity contribution in [2.45, 2.75) is 33.4 Å². The Balaban J connectivity index is 1.73. The summed E-state index contributed by atoms with van der Waals surface area (Å²) in [6, 6.07) is 6.51. The zero-order valence-electron chi connectivity index (χ0n) is 19.5. The van der Waals surface area contributed by atoms with Gasteiger partial charge < -0.3 is 24.7 Å². The minimum Gasteiger partial charge on any atom is -0.493 e. The van der Waals surface area contributed by atoms with Crippen molar-refractivity contribution in [2.75, 3.05) is 20.3 Å². The van der Waals surface area contributed by atoms with Crippen molar-refractivity contribution in [3.63, 3.8) is 0 Å². The maximum atomic E-state index is 13.8. The molecule has 0 radical (unpaired) electrons. The van der Waals surface area contributed by atoms with Crippen molar-refractivity contribution in [3.8, 4) is 11.5 Å². The maximum absolute atomic E-state index is 13.8. The fourth-order valence-electron chi connectivity index (χ4n) is 3.62. The molecule has 0 aliphatic heterocycles. The zero-order chi connectivity index (χ0) is 24.8. The number of nitrogens with one attached hydrogen (secondary N) is 2. The Bertz CT molecular complexity index is 1180. The Kier molecular flexibility index (Phi) is 8.04. The maximum Gasteiger partial charge on any atom is 0.257 e. The average molecular weight is 475 g/mol. The Morgan fingerprint density at radius 2 is 1.82 bits per heavy atom. The Hall–Kier alpha value is -3.69. The number of benzene rings is 2. The number of amides is 2. The van der Waals surface area contributed by atoms with Crippen molar-refractivity contribution in [1.29, 1.82) is 0 Å². The third kappa shape index (κ3) is 5.62. The van der Waals surface area contributed by atoms with Crippen LogP contribution in [0, 0.1) is 17.6 Å². The highest BCUT2D eigenvalue weighted by Gasteiger charge is 2.26. The smallest absolute Gasteiger partial charge is 0.257 e. The quantitative estimate of drug-likeness (QED) is 0.470. The molecule has 2 amide bonds. The van der Waals surface area contributed by atoms with Gasteiger partial charge >= 0.3 is 0 Å². The molecule has 3 aromatic rings. The topological polar surface area (TPSA) is 94.5 Å². The molecule has 0 spiro atoms. The third-order valence-electron chi connectivity index (χ3n) is 5.24. The lowest BCUT2D eigenvalue weighted by Crippen LogP contribution is -2.35. The van der Waals surface area contributed by atoms with Gasteiger partial charge in [0.1, 0.15) is 6.04 Å². The van der Waals surface area contributed by atoms with E-state index in [1.165, 1.54) is 13.4 Å². The van der Waals surface area contributed by atoms with Crippen LogP contribution in [0.3, 0.4) is 0 Å². The van der Waals surface area contributed by atoms with Gasteiger partial charge in [0.2, 0.25) is 5.91 Å². The number of carbonyl (C=O) groups is 2. The number of aromatic nitrogens is 2. The number of ether oxygens (including phenoxy) is 2. The van der Waals surface area contributed by atoms with E-state index in [9.17, 15) is 18.4 Å². The molecule has 3 rings (SSSR count).